The molecule has 5 nitrogen and oxygen atoms in total. The highest BCUT2D eigenvalue weighted by Gasteiger charge is 2.54. The summed E-state index contributed by atoms with van der Waals surface area (Å²) in [5.74, 6) is 3.94. The summed E-state index contributed by atoms with van der Waals surface area (Å²) in [6.45, 7) is 2.53. The first kappa shape index (κ1) is 14.7. The Bertz CT molecular complexity index is 464. The molecule has 0 amide bonds. The molecule has 0 aromatic heterocycles. The highest BCUT2D eigenvalue weighted by atomic mass is 17.2. The van der Waals surface area contributed by atoms with Gasteiger partial charge in [-0.15, -0.1) is 0 Å². The molecule has 6 aliphatic rings. The average molecular weight is 322 g/mol. The minimum absolute atomic E-state index is 0.00692. The standard InChI is InChI=1S/C18H26O5/c1-9-17-18(21-17)15(23-22-9)7-16(19)20-8-14-12-3-10-2-11(5-12)6-13(14)4-10/h9-15,17-18H,2-8H2,1H3/t9-,10?,11?,12?,13?,14?,15+,17-,18+/m1/s1. The molecule has 4 saturated carbocycles. The lowest BCUT2D eigenvalue weighted by Crippen LogP contribution is -2.47. The van der Waals surface area contributed by atoms with Crippen LogP contribution in [-0.4, -0.2) is 37.0 Å². The second kappa shape index (κ2) is 5.43. The van der Waals surface area contributed by atoms with E-state index in [0.717, 1.165) is 23.7 Å². The highest BCUT2D eigenvalue weighted by molar-refractivity contribution is 5.70. The average Bonchev–Trinajstić information content (AvgIpc) is 3.30. The van der Waals surface area contributed by atoms with Crippen molar-refractivity contribution < 1.29 is 24.0 Å². The largest absolute Gasteiger partial charge is 0.465 e. The van der Waals surface area contributed by atoms with E-state index < -0.39 is 0 Å². The monoisotopic (exact) mass is 322 g/mol. The molecule has 5 heteroatoms. The summed E-state index contributed by atoms with van der Waals surface area (Å²) >= 11 is 0. The van der Waals surface area contributed by atoms with Gasteiger partial charge in [0.15, 0.2) is 0 Å². The summed E-state index contributed by atoms with van der Waals surface area (Å²) in [5.41, 5.74) is 0. The fraction of sp³-hybridized carbons (Fsp3) is 0.944. The van der Waals surface area contributed by atoms with E-state index in [-0.39, 0.29) is 36.8 Å². The quantitative estimate of drug-likeness (QED) is 0.452. The third-order valence-electron chi connectivity index (χ3n) is 6.95. The molecular formula is C18H26O5. The van der Waals surface area contributed by atoms with Crippen LogP contribution in [0.5, 0.6) is 0 Å². The van der Waals surface area contributed by atoms with E-state index in [4.69, 9.17) is 19.2 Å². The Morgan fingerprint density at radius 3 is 2.39 bits per heavy atom. The van der Waals surface area contributed by atoms with Crippen molar-refractivity contribution in [3.8, 4) is 0 Å². The van der Waals surface area contributed by atoms with Crippen LogP contribution in [0.1, 0.15) is 45.4 Å². The van der Waals surface area contributed by atoms with Gasteiger partial charge < -0.3 is 9.47 Å². The number of esters is 1. The number of carbonyl (C=O) groups excluding carboxylic acids is 1. The lowest BCUT2D eigenvalue weighted by atomic mass is 9.52. The number of hydrogen-bond acceptors (Lipinski definition) is 5. The minimum Gasteiger partial charge on any atom is -0.465 e. The van der Waals surface area contributed by atoms with Crippen molar-refractivity contribution in [3.63, 3.8) is 0 Å². The predicted molar refractivity (Wildman–Crippen MR) is 80.2 cm³/mol. The van der Waals surface area contributed by atoms with Crippen LogP contribution in [0.2, 0.25) is 0 Å². The molecule has 0 N–H and O–H groups in total. The zero-order valence-corrected chi connectivity index (χ0v) is 13.7. The summed E-state index contributed by atoms with van der Waals surface area (Å²) in [6.07, 6.45) is 6.91. The van der Waals surface area contributed by atoms with E-state index >= 15 is 0 Å². The molecule has 2 heterocycles. The van der Waals surface area contributed by atoms with Gasteiger partial charge in [-0.05, 0) is 68.6 Å². The number of rotatable bonds is 4. The first-order valence-corrected chi connectivity index (χ1v) is 9.30. The van der Waals surface area contributed by atoms with Gasteiger partial charge >= 0.3 is 5.97 Å². The lowest BCUT2D eigenvalue weighted by molar-refractivity contribution is -0.360. The van der Waals surface area contributed by atoms with E-state index in [1.807, 2.05) is 6.92 Å². The highest BCUT2D eigenvalue weighted by Crippen LogP contribution is 2.56. The zero-order chi connectivity index (χ0) is 15.6. The Balaban J connectivity index is 1.12. The third kappa shape index (κ3) is 2.61. The Morgan fingerprint density at radius 1 is 1.00 bits per heavy atom. The normalized spacial score (nSPS) is 53.0. The van der Waals surface area contributed by atoms with Crippen molar-refractivity contribution in [1.29, 1.82) is 0 Å². The topological polar surface area (TPSA) is 57.3 Å². The van der Waals surface area contributed by atoms with Crippen LogP contribution >= 0.6 is 0 Å². The minimum atomic E-state index is -0.304. The van der Waals surface area contributed by atoms with Crippen LogP contribution < -0.4 is 0 Å². The smallest absolute Gasteiger partial charge is 0.308 e. The van der Waals surface area contributed by atoms with Gasteiger partial charge in [0.1, 0.15) is 24.4 Å². The van der Waals surface area contributed by atoms with E-state index in [1.54, 1.807) is 0 Å². The van der Waals surface area contributed by atoms with Gasteiger partial charge in [-0.3, -0.25) is 4.79 Å². The molecule has 6 fully saturated rings. The molecule has 0 spiro atoms. The number of hydrogen-bond donors (Lipinski definition) is 0. The van der Waals surface area contributed by atoms with Gasteiger partial charge in [0.2, 0.25) is 0 Å². The molecule has 0 aromatic carbocycles. The summed E-state index contributed by atoms with van der Waals surface area (Å²) < 4.78 is 11.2. The molecule has 4 atom stereocenters. The fourth-order valence-electron chi connectivity index (χ4n) is 5.95. The number of carbonyl (C=O) groups is 1. The van der Waals surface area contributed by atoms with Gasteiger partial charge in [0.05, 0.1) is 13.0 Å². The molecule has 128 valence electrons. The summed E-state index contributed by atoms with van der Waals surface area (Å²) in [5, 5.41) is 0. The van der Waals surface area contributed by atoms with Crippen LogP contribution in [0.25, 0.3) is 0 Å². The first-order chi connectivity index (χ1) is 11.2. The van der Waals surface area contributed by atoms with Crippen molar-refractivity contribution in [2.75, 3.05) is 6.61 Å². The van der Waals surface area contributed by atoms with Gasteiger partial charge in [-0.1, -0.05) is 0 Å². The van der Waals surface area contributed by atoms with Crippen LogP contribution in [0, 0.1) is 29.6 Å². The Kier molecular flexibility index (Phi) is 3.46. The molecule has 0 radical (unpaired) electrons. The molecule has 23 heavy (non-hydrogen) atoms. The molecule has 6 rings (SSSR count). The summed E-state index contributed by atoms with van der Waals surface area (Å²) in [7, 11) is 0. The molecule has 4 bridgehead atoms. The molecular weight excluding hydrogens is 296 g/mol. The van der Waals surface area contributed by atoms with E-state index in [0.29, 0.717) is 12.5 Å². The molecule has 4 aliphatic carbocycles. The Hall–Kier alpha value is -0.650. The summed E-state index contributed by atoms with van der Waals surface area (Å²) in [6, 6.07) is 0. The second-order valence-corrected chi connectivity index (χ2v) is 8.48. The maximum atomic E-state index is 12.2. The number of epoxide rings is 1. The van der Waals surface area contributed by atoms with E-state index in [9.17, 15) is 4.79 Å². The van der Waals surface area contributed by atoms with Crippen molar-refractivity contribution in [2.45, 2.75) is 69.9 Å². The number of ether oxygens (including phenoxy) is 2. The van der Waals surface area contributed by atoms with Crippen LogP contribution in [0.15, 0.2) is 0 Å². The van der Waals surface area contributed by atoms with Crippen molar-refractivity contribution >= 4 is 5.97 Å². The maximum absolute atomic E-state index is 12.2. The van der Waals surface area contributed by atoms with Gasteiger partial charge in [-0.25, -0.2) is 9.78 Å². The Morgan fingerprint density at radius 2 is 1.70 bits per heavy atom. The van der Waals surface area contributed by atoms with E-state index in [2.05, 4.69) is 0 Å². The first-order valence-electron chi connectivity index (χ1n) is 9.30. The predicted octanol–water partition coefficient (Wildman–Crippen LogP) is 2.48. The third-order valence-corrected chi connectivity index (χ3v) is 6.95. The second-order valence-electron chi connectivity index (χ2n) is 8.48. The van der Waals surface area contributed by atoms with Crippen LogP contribution in [0.4, 0.5) is 0 Å². The van der Waals surface area contributed by atoms with Crippen LogP contribution in [-0.2, 0) is 24.0 Å². The fourth-order valence-corrected chi connectivity index (χ4v) is 5.95. The van der Waals surface area contributed by atoms with Crippen molar-refractivity contribution in [1.82, 2.24) is 0 Å². The SMILES string of the molecule is C[C@H]1OO[C@@H](CC(=O)OCC2C3CC4CC(C3)CC2C4)[C@@H]2O[C@@H]21. The maximum Gasteiger partial charge on any atom is 0.308 e. The zero-order valence-electron chi connectivity index (χ0n) is 13.7. The Labute approximate surface area is 136 Å². The lowest BCUT2D eigenvalue weighted by Gasteiger charge is -2.54. The summed E-state index contributed by atoms with van der Waals surface area (Å²) in [4.78, 5) is 22.6. The molecule has 0 aromatic rings. The van der Waals surface area contributed by atoms with Crippen LogP contribution in [0.3, 0.4) is 0 Å². The molecule has 0 unspecified atom stereocenters. The van der Waals surface area contributed by atoms with Crippen molar-refractivity contribution in [3.05, 3.63) is 0 Å². The van der Waals surface area contributed by atoms with Crippen molar-refractivity contribution in [2.24, 2.45) is 29.6 Å². The van der Waals surface area contributed by atoms with Gasteiger partial charge in [-0.2, -0.15) is 0 Å². The number of fused-ring (bicyclic) bond motifs is 1. The van der Waals surface area contributed by atoms with E-state index in [1.165, 1.54) is 32.1 Å². The molecule has 2 saturated heterocycles. The van der Waals surface area contributed by atoms with Gasteiger partial charge in [0.25, 0.3) is 0 Å². The van der Waals surface area contributed by atoms with Gasteiger partial charge in [0, 0.05) is 0 Å². The molecule has 2 aliphatic heterocycles.